The molecule has 236 valence electrons. The lowest BCUT2D eigenvalue weighted by Crippen LogP contribution is -2.60. The van der Waals surface area contributed by atoms with E-state index in [0.29, 0.717) is 0 Å². The molecule has 3 aliphatic heterocycles. The van der Waals surface area contributed by atoms with Gasteiger partial charge in [0, 0.05) is 56.1 Å². The second-order valence-electron chi connectivity index (χ2n) is 14.5. The molecule has 5 heteroatoms. The number of quaternary nitrogens is 1. The normalized spacial score (nSPS) is 19.6. The van der Waals surface area contributed by atoms with Gasteiger partial charge in [-0.15, -0.1) is 4.57 Å². The Labute approximate surface area is 288 Å². The Morgan fingerprint density at radius 2 is 1.36 bits per heavy atom. The Balaban J connectivity index is 1.14. The monoisotopic (exact) mass is 646 g/mol. The average molecular weight is 647 g/mol. The predicted molar refractivity (Wildman–Crippen MR) is 197 cm³/mol. The molecule has 50 heavy (non-hydrogen) atoms. The highest BCUT2D eigenvalue weighted by Crippen LogP contribution is 2.65. The van der Waals surface area contributed by atoms with Gasteiger partial charge in [-0.25, -0.2) is 0 Å². The highest BCUT2D eigenvalue weighted by atomic mass is 16.3. The van der Waals surface area contributed by atoms with Gasteiger partial charge in [-0.05, 0) is 78.5 Å². The van der Waals surface area contributed by atoms with Crippen LogP contribution in [-0.4, -0.2) is 0 Å². The van der Waals surface area contributed by atoms with E-state index in [2.05, 4.69) is 139 Å². The molecule has 0 radical (unpaired) electrons. The molecule has 0 aliphatic carbocycles. The van der Waals surface area contributed by atoms with Crippen molar-refractivity contribution in [2.45, 2.75) is 33.0 Å². The van der Waals surface area contributed by atoms with Gasteiger partial charge in [0.2, 0.25) is 17.6 Å². The first kappa shape index (κ1) is 26.9. The van der Waals surface area contributed by atoms with Gasteiger partial charge in [0.15, 0.2) is 6.20 Å². The maximum Gasteiger partial charge on any atom is 0.405 e. The second kappa shape index (κ2) is 8.94. The van der Waals surface area contributed by atoms with Gasteiger partial charge in [0.25, 0.3) is 5.69 Å². The van der Waals surface area contributed by atoms with Gasteiger partial charge in [-0.1, -0.05) is 60.2 Å². The number of aryl methyl sites for hydroxylation is 3. The van der Waals surface area contributed by atoms with Gasteiger partial charge in [0.1, 0.15) is 27.9 Å². The van der Waals surface area contributed by atoms with Crippen molar-refractivity contribution in [1.29, 1.82) is 0 Å². The topological polar surface area (TPSA) is 34.0 Å². The van der Waals surface area contributed by atoms with Crippen LogP contribution in [0, 0.1) is 20.8 Å². The molecule has 0 amide bonds. The van der Waals surface area contributed by atoms with E-state index < -0.39 is 0 Å². The summed E-state index contributed by atoms with van der Waals surface area (Å²) in [4.78, 5) is 0. The Kier molecular flexibility index (Phi) is 4.80. The van der Waals surface area contributed by atoms with Crippen molar-refractivity contribution in [3.8, 4) is 33.6 Å². The molecule has 9 aromatic rings. The van der Waals surface area contributed by atoms with Crippen LogP contribution in [0.1, 0.15) is 34.5 Å². The van der Waals surface area contributed by atoms with Gasteiger partial charge in [0.05, 0.1) is 10.9 Å². The van der Waals surface area contributed by atoms with Gasteiger partial charge < -0.3 is 8.83 Å². The minimum atomic E-state index is 0.216. The van der Waals surface area contributed by atoms with Crippen LogP contribution in [-0.2, 0) is 0 Å². The lowest BCUT2D eigenvalue weighted by Gasteiger charge is -2.10. The van der Waals surface area contributed by atoms with Gasteiger partial charge in [-0.3, -0.25) is 0 Å². The first-order valence-corrected chi connectivity index (χ1v) is 17.5. The molecule has 1 saturated heterocycles. The minimum absolute atomic E-state index is 0.216. The zero-order valence-corrected chi connectivity index (χ0v) is 27.9. The number of fused-ring (bicyclic) bond motifs is 20. The second-order valence-corrected chi connectivity index (χ2v) is 14.5. The Morgan fingerprint density at radius 3 is 2.22 bits per heavy atom. The van der Waals surface area contributed by atoms with Crippen molar-refractivity contribution in [3.63, 3.8) is 0 Å². The first-order chi connectivity index (χ1) is 24.5. The number of hydrogen-bond donors (Lipinski definition) is 0. The fourth-order valence-corrected chi connectivity index (χ4v) is 9.54. The number of benzene rings is 5. The number of pyridine rings is 2. The molecule has 0 saturated carbocycles. The van der Waals surface area contributed by atoms with E-state index in [4.69, 9.17) is 8.83 Å². The lowest BCUT2D eigenvalue weighted by molar-refractivity contribution is -0.817. The maximum atomic E-state index is 6.67. The molecular weight excluding hydrogens is 615 g/mol. The summed E-state index contributed by atoms with van der Waals surface area (Å²) in [6.07, 6.45) is 4.93. The zero-order chi connectivity index (χ0) is 33.0. The molecule has 5 nitrogen and oxygen atoms in total. The molecule has 1 spiro atoms. The maximum absolute atomic E-state index is 6.67. The van der Waals surface area contributed by atoms with Crippen LogP contribution in [0.5, 0.6) is 0 Å². The van der Waals surface area contributed by atoms with E-state index in [-0.39, 0.29) is 12.2 Å². The summed E-state index contributed by atoms with van der Waals surface area (Å²) in [5, 5.41) is 4.35. The number of nitrogens with zero attached hydrogens (tertiary/aromatic N) is 3. The quantitative estimate of drug-likeness (QED) is 0.101. The highest BCUT2D eigenvalue weighted by molar-refractivity contribution is 6.26. The third-order valence-electron chi connectivity index (χ3n) is 11.9. The average Bonchev–Trinajstić information content (AvgIpc) is 3.34. The van der Waals surface area contributed by atoms with E-state index in [0.717, 1.165) is 59.6 Å². The first-order valence-electron chi connectivity index (χ1n) is 17.5. The van der Waals surface area contributed by atoms with Crippen LogP contribution in [0.3, 0.4) is 0 Å². The molecule has 0 bridgehead atoms. The van der Waals surface area contributed by atoms with Crippen LogP contribution in [0.4, 0.5) is 5.69 Å². The van der Waals surface area contributed by atoms with Gasteiger partial charge >= 0.3 is 12.2 Å². The molecule has 12 rings (SSSR count). The van der Waals surface area contributed by atoms with Crippen molar-refractivity contribution in [3.05, 3.63) is 150 Å². The molecule has 0 N–H and O–H groups in total. The van der Waals surface area contributed by atoms with Crippen molar-refractivity contribution in [2.75, 3.05) is 0 Å². The van der Waals surface area contributed by atoms with Crippen molar-refractivity contribution in [2.24, 2.45) is 0 Å². The van der Waals surface area contributed by atoms with E-state index in [1.807, 2.05) is 18.2 Å². The Bertz CT molecular complexity index is 3000. The number of para-hydroxylation sites is 3. The molecule has 3 unspecified atom stereocenters. The molecule has 3 atom stereocenters. The minimum Gasteiger partial charge on any atom is -0.456 e. The summed E-state index contributed by atoms with van der Waals surface area (Å²) in [5.41, 5.74) is 17.6. The standard InChI is InChI=1S/C45H32N3O2/c1-25-16-17-29-34(20-25)43-45(46-24-27(3)26(2)21-35(29)46)48(43)37-13-7-4-10-30(37)36-22-28(18-19-47(36)48)33-23-40-42(32-12-6-8-14-38(32)49-40)44-41(33)31-11-5-9-15-39(31)50-44/h4-24,43,45H,1-3H3/q+3. The number of hydrogen-bond acceptors (Lipinski definition) is 2. The zero-order valence-electron chi connectivity index (χ0n) is 27.9. The summed E-state index contributed by atoms with van der Waals surface area (Å²) >= 11 is 0. The lowest BCUT2D eigenvalue weighted by atomic mass is 9.94. The Hall–Kier alpha value is -6.04. The molecule has 7 heterocycles. The highest BCUT2D eigenvalue weighted by Gasteiger charge is 2.89. The van der Waals surface area contributed by atoms with Crippen LogP contribution in [0.15, 0.2) is 136 Å². The molecule has 5 aromatic carbocycles. The summed E-state index contributed by atoms with van der Waals surface area (Å²) in [7, 11) is 0. The predicted octanol–water partition coefficient (Wildman–Crippen LogP) is 10.3. The molecule has 4 aromatic heterocycles. The molecular formula is C45H32N3O2+3. The summed E-state index contributed by atoms with van der Waals surface area (Å²) < 4.78 is 19.0. The summed E-state index contributed by atoms with van der Waals surface area (Å²) in [6.45, 7) is 6.68. The van der Waals surface area contributed by atoms with Crippen LogP contribution >= 0.6 is 0 Å². The van der Waals surface area contributed by atoms with Crippen LogP contribution in [0.25, 0.3) is 77.5 Å². The van der Waals surface area contributed by atoms with Crippen molar-refractivity contribution >= 4 is 49.6 Å². The fraction of sp³-hybridized carbons (Fsp3) is 0.111. The van der Waals surface area contributed by atoms with Gasteiger partial charge in [-0.2, -0.15) is 0 Å². The largest absolute Gasteiger partial charge is 0.456 e. The van der Waals surface area contributed by atoms with E-state index in [1.165, 1.54) is 50.5 Å². The number of rotatable bonds is 1. The van der Waals surface area contributed by atoms with E-state index in [9.17, 15) is 0 Å². The van der Waals surface area contributed by atoms with Crippen LogP contribution in [0.2, 0.25) is 0 Å². The SMILES string of the molecule is Cc1ccc2c(c1)C1C([n+]3cc(C)c(C)cc3-2)[N+]12c1ccccc1-c1cc(-c3cc4oc5ccccc5c4c4oc5ccccc5c34)cc[n+]12. The number of furan rings is 2. The van der Waals surface area contributed by atoms with E-state index in [1.54, 1.807) is 0 Å². The third-order valence-corrected chi connectivity index (χ3v) is 11.9. The van der Waals surface area contributed by atoms with Crippen LogP contribution < -0.4 is 13.8 Å². The molecule has 1 fully saturated rings. The third kappa shape index (κ3) is 3.09. The fourth-order valence-electron chi connectivity index (χ4n) is 9.54. The summed E-state index contributed by atoms with van der Waals surface area (Å²) in [5.74, 6) is 0. The number of aromatic nitrogens is 2. The summed E-state index contributed by atoms with van der Waals surface area (Å²) in [6, 6.07) is 42.3. The van der Waals surface area contributed by atoms with Crippen molar-refractivity contribution in [1.82, 2.24) is 4.59 Å². The molecule has 3 aliphatic rings. The van der Waals surface area contributed by atoms with E-state index >= 15 is 0 Å². The Morgan fingerprint density at radius 1 is 0.600 bits per heavy atom. The smallest absolute Gasteiger partial charge is 0.405 e. The van der Waals surface area contributed by atoms with Crippen molar-refractivity contribution < 1.29 is 18.1 Å².